The first-order chi connectivity index (χ1) is 17.3. The summed E-state index contributed by atoms with van der Waals surface area (Å²) in [5.74, 6) is 2.55. The number of carbonyl (C=O) groups is 1. The maximum absolute atomic E-state index is 13.0. The third-order valence-electron chi connectivity index (χ3n) is 7.03. The monoisotopic (exact) mass is 488 g/mol. The van der Waals surface area contributed by atoms with Gasteiger partial charge in [0.15, 0.2) is 17.0 Å². The Morgan fingerprint density at radius 3 is 2.50 bits per heavy atom. The second kappa shape index (κ2) is 8.07. The molecule has 2 fully saturated rings. The van der Waals surface area contributed by atoms with E-state index in [2.05, 4.69) is 35.1 Å². The smallest absolute Gasteiger partial charge is 0.332 e. The summed E-state index contributed by atoms with van der Waals surface area (Å²) in [6.07, 6.45) is 7.61. The molecule has 184 valence electrons. The highest BCUT2D eigenvalue weighted by Crippen LogP contribution is 2.45. The molecule has 1 N–H and O–H groups in total. The molecule has 2 aliphatic rings. The number of aryl methyl sites for hydroxylation is 1. The molecule has 0 aromatic carbocycles. The Balaban J connectivity index is 1.22. The van der Waals surface area contributed by atoms with Gasteiger partial charge in [-0.15, -0.1) is 0 Å². The fourth-order valence-electron chi connectivity index (χ4n) is 4.74. The summed E-state index contributed by atoms with van der Waals surface area (Å²) in [4.78, 5) is 62.0. The van der Waals surface area contributed by atoms with Crippen molar-refractivity contribution < 1.29 is 4.79 Å². The average molecular weight is 489 g/mol. The molecule has 2 unspecified atom stereocenters. The van der Waals surface area contributed by atoms with Gasteiger partial charge in [0, 0.05) is 45.8 Å². The molecule has 4 aromatic heterocycles. The molecule has 5 heterocycles. The van der Waals surface area contributed by atoms with E-state index < -0.39 is 23.2 Å². The molecule has 0 spiro atoms. The number of amides is 1. The van der Waals surface area contributed by atoms with E-state index >= 15 is 0 Å². The fraction of sp³-hybridized carbons (Fsp3) is 0.391. The lowest BCUT2D eigenvalue weighted by Gasteiger charge is -2.17. The second-order valence-corrected chi connectivity index (χ2v) is 9.39. The van der Waals surface area contributed by atoms with Gasteiger partial charge in [-0.05, 0) is 31.2 Å². The molecular weight excluding hydrogens is 464 g/mol. The number of hydrogen-bond donors (Lipinski definition) is 1. The van der Waals surface area contributed by atoms with Crippen molar-refractivity contribution in [3.8, 4) is 11.4 Å². The minimum Gasteiger partial charge on any atom is -0.340 e. The van der Waals surface area contributed by atoms with Crippen LogP contribution in [-0.2, 0) is 18.9 Å². The molecule has 3 atom stereocenters. The van der Waals surface area contributed by atoms with Crippen molar-refractivity contribution in [2.24, 2.45) is 25.9 Å². The van der Waals surface area contributed by atoms with E-state index in [4.69, 9.17) is 0 Å². The third-order valence-corrected chi connectivity index (χ3v) is 7.03. The minimum absolute atomic E-state index is 0.165. The van der Waals surface area contributed by atoms with E-state index in [1.807, 2.05) is 0 Å². The highest BCUT2D eigenvalue weighted by molar-refractivity contribution is 5.93. The normalized spacial score (nSPS) is 19.4. The van der Waals surface area contributed by atoms with E-state index in [1.54, 1.807) is 31.6 Å². The van der Waals surface area contributed by atoms with Crippen LogP contribution in [0.1, 0.15) is 19.4 Å². The third kappa shape index (κ3) is 3.54. The van der Waals surface area contributed by atoms with Crippen LogP contribution in [0.25, 0.3) is 22.6 Å². The lowest BCUT2D eigenvalue weighted by molar-refractivity contribution is -0.118. The van der Waals surface area contributed by atoms with E-state index in [1.165, 1.54) is 36.0 Å². The number of imidazole rings is 1. The standard InChI is InChI=1S/C23H24N10O3/c1-12(33-11-27-19-17(33)21(35)31(3)23(36)30(19)2)20(34)29-16-4-5-24-18(28-16)15-7-25-22(26-8-15)32-9-13-6-14(13)10-32/h4-5,7-8,11-14H,6,9-10H2,1-3H3,(H,24,28,29,34)/t12-,13?,14?/m0/s1. The first-order valence-corrected chi connectivity index (χ1v) is 11.7. The van der Waals surface area contributed by atoms with Crippen LogP contribution in [0, 0.1) is 11.8 Å². The molecular formula is C23H24N10O3. The van der Waals surface area contributed by atoms with Crippen molar-refractivity contribution in [1.29, 1.82) is 0 Å². The van der Waals surface area contributed by atoms with Gasteiger partial charge in [-0.2, -0.15) is 0 Å². The Morgan fingerprint density at radius 2 is 1.78 bits per heavy atom. The van der Waals surface area contributed by atoms with Crippen molar-refractivity contribution >= 4 is 28.8 Å². The van der Waals surface area contributed by atoms with Crippen LogP contribution >= 0.6 is 0 Å². The summed E-state index contributed by atoms with van der Waals surface area (Å²) in [6.45, 7) is 3.65. The topological polar surface area (TPSA) is 146 Å². The second-order valence-electron chi connectivity index (χ2n) is 9.39. The Bertz CT molecular complexity index is 1610. The molecule has 13 nitrogen and oxygen atoms in total. The number of rotatable bonds is 5. The van der Waals surface area contributed by atoms with Gasteiger partial charge in [-0.25, -0.2) is 29.7 Å². The van der Waals surface area contributed by atoms with Crippen molar-refractivity contribution in [2.45, 2.75) is 19.4 Å². The van der Waals surface area contributed by atoms with Crippen LogP contribution in [-0.4, -0.2) is 57.6 Å². The van der Waals surface area contributed by atoms with Crippen LogP contribution < -0.4 is 21.5 Å². The van der Waals surface area contributed by atoms with Gasteiger partial charge in [-0.1, -0.05) is 0 Å². The van der Waals surface area contributed by atoms with Crippen molar-refractivity contribution in [1.82, 2.24) is 38.6 Å². The fourth-order valence-corrected chi connectivity index (χ4v) is 4.74. The van der Waals surface area contributed by atoms with Crippen molar-refractivity contribution in [3.05, 3.63) is 51.8 Å². The predicted molar refractivity (Wildman–Crippen MR) is 130 cm³/mol. The van der Waals surface area contributed by atoms with Gasteiger partial charge in [0.05, 0.1) is 11.9 Å². The molecule has 6 rings (SSSR count). The highest BCUT2D eigenvalue weighted by atomic mass is 16.2. The SMILES string of the molecule is C[C@@H](C(=O)Nc1ccnc(-c2cnc(N3CC4CC4C3)nc2)n1)n1cnc2c1c(=O)n(C)c(=O)n2C. The molecule has 36 heavy (non-hydrogen) atoms. The summed E-state index contributed by atoms with van der Waals surface area (Å²) >= 11 is 0. The molecule has 0 radical (unpaired) electrons. The summed E-state index contributed by atoms with van der Waals surface area (Å²) in [7, 11) is 2.91. The maximum Gasteiger partial charge on any atom is 0.332 e. The molecule has 13 heteroatoms. The van der Waals surface area contributed by atoms with Gasteiger partial charge >= 0.3 is 5.69 Å². The summed E-state index contributed by atoms with van der Waals surface area (Å²) in [5, 5.41) is 2.77. The maximum atomic E-state index is 13.0. The number of nitrogens with zero attached hydrogens (tertiary/aromatic N) is 9. The molecule has 1 aliphatic carbocycles. The number of carbonyl (C=O) groups excluding carboxylic acids is 1. The van der Waals surface area contributed by atoms with Gasteiger partial charge in [0.1, 0.15) is 11.9 Å². The number of aromatic nitrogens is 8. The van der Waals surface area contributed by atoms with Crippen molar-refractivity contribution in [3.63, 3.8) is 0 Å². The Labute approximate surface area is 204 Å². The molecule has 0 bridgehead atoms. The summed E-state index contributed by atoms with van der Waals surface area (Å²) in [5.41, 5.74) is -0.00155. The number of nitrogens with one attached hydrogen (secondary N) is 1. The van der Waals surface area contributed by atoms with Gasteiger partial charge in [0.2, 0.25) is 11.9 Å². The molecule has 1 saturated heterocycles. The minimum atomic E-state index is -0.798. The summed E-state index contributed by atoms with van der Waals surface area (Å²) in [6, 6.07) is 0.780. The van der Waals surface area contributed by atoms with Crippen LogP contribution in [0.3, 0.4) is 0 Å². The van der Waals surface area contributed by atoms with Crippen LogP contribution in [0.5, 0.6) is 0 Å². The van der Waals surface area contributed by atoms with Gasteiger partial charge < -0.3 is 14.8 Å². The average Bonchev–Trinajstić information content (AvgIpc) is 3.27. The zero-order valence-electron chi connectivity index (χ0n) is 20.0. The highest BCUT2D eigenvalue weighted by Gasteiger charge is 2.45. The predicted octanol–water partition coefficient (Wildman–Crippen LogP) is 0.337. The first-order valence-electron chi connectivity index (χ1n) is 11.7. The zero-order valence-corrected chi connectivity index (χ0v) is 20.0. The van der Waals surface area contributed by atoms with Gasteiger partial charge in [-0.3, -0.25) is 18.7 Å². The van der Waals surface area contributed by atoms with Crippen molar-refractivity contribution in [2.75, 3.05) is 23.3 Å². The molecule has 1 amide bonds. The quantitative estimate of drug-likeness (QED) is 0.420. The lowest BCUT2D eigenvalue weighted by Crippen LogP contribution is -2.38. The number of hydrogen-bond acceptors (Lipinski definition) is 9. The Kier molecular flexibility index (Phi) is 4.95. The van der Waals surface area contributed by atoms with E-state index in [9.17, 15) is 14.4 Å². The Hall–Kier alpha value is -4.42. The number of anilines is 2. The van der Waals surface area contributed by atoms with Gasteiger partial charge in [0.25, 0.3) is 5.56 Å². The zero-order chi connectivity index (χ0) is 25.1. The van der Waals surface area contributed by atoms with Crippen LogP contribution in [0.15, 0.2) is 40.6 Å². The van der Waals surface area contributed by atoms with E-state index in [0.717, 1.165) is 29.5 Å². The molecule has 1 saturated carbocycles. The molecule has 1 aliphatic heterocycles. The van der Waals surface area contributed by atoms with E-state index in [0.29, 0.717) is 23.2 Å². The largest absolute Gasteiger partial charge is 0.340 e. The number of fused-ring (bicyclic) bond motifs is 2. The lowest BCUT2D eigenvalue weighted by atomic mass is 10.3. The number of piperidine rings is 1. The van der Waals surface area contributed by atoms with Crippen LogP contribution in [0.4, 0.5) is 11.8 Å². The molecule has 4 aromatic rings. The first kappa shape index (κ1) is 22.1. The summed E-state index contributed by atoms with van der Waals surface area (Å²) < 4.78 is 3.71. The Morgan fingerprint density at radius 1 is 1.06 bits per heavy atom. The van der Waals surface area contributed by atoms with E-state index in [-0.39, 0.29) is 11.2 Å². The van der Waals surface area contributed by atoms with Crippen LogP contribution in [0.2, 0.25) is 0 Å².